The smallest absolute Gasteiger partial charge is 0.299 e. The van der Waals surface area contributed by atoms with Crippen LogP contribution in [0.2, 0.25) is 0 Å². The quantitative estimate of drug-likeness (QED) is 0.858. The maximum atomic E-state index is 5.48. The second-order valence-corrected chi connectivity index (χ2v) is 3.78. The Morgan fingerprint density at radius 1 is 1.33 bits per heavy atom. The largest absolute Gasteiger partial charge is 0.430 e. The highest BCUT2D eigenvalue weighted by atomic mass is 32.1. The Morgan fingerprint density at radius 2 is 2.13 bits per heavy atom. The molecule has 0 atom stereocenters. The van der Waals surface area contributed by atoms with Gasteiger partial charge in [0.1, 0.15) is 11.3 Å². The highest BCUT2D eigenvalue weighted by Crippen LogP contribution is 2.22. The minimum absolute atomic E-state index is 0.566. The Balaban J connectivity index is 2.04. The Labute approximate surface area is 91.9 Å². The van der Waals surface area contributed by atoms with E-state index in [4.69, 9.17) is 4.74 Å². The van der Waals surface area contributed by atoms with E-state index < -0.39 is 0 Å². The molecule has 1 aromatic heterocycles. The fourth-order valence-electron chi connectivity index (χ4n) is 1.19. The van der Waals surface area contributed by atoms with Gasteiger partial charge < -0.3 is 10.1 Å². The average molecular weight is 221 g/mol. The summed E-state index contributed by atoms with van der Waals surface area (Å²) >= 11 is 1.38. The lowest BCUT2D eigenvalue weighted by Crippen LogP contribution is -2.04. The van der Waals surface area contributed by atoms with Crippen LogP contribution >= 0.6 is 11.3 Å². The summed E-state index contributed by atoms with van der Waals surface area (Å²) in [6, 6.07) is 7.89. The Kier molecular flexibility index (Phi) is 3.26. The summed E-state index contributed by atoms with van der Waals surface area (Å²) in [7, 11) is 1.92. The predicted octanol–water partition coefficient (Wildman–Crippen LogP) is 2.05. The van der Waals surface area contributed by atoms with Gasteiger partial charge in [0.2, 0.25) is 0 Å². The van der Waals surface area contributed by atoms with Crippen molar-refractivity contribution in [2.45, 2.75) is 6.54 Å². The van der Waals surface area contributed by atoms with Crippen molar-refractivity contribution in [2.24, 2.45) is 0 Å². The Hall–Kier alpha value is -1.46. The highest BCUT2D eigenvalue weighted by Gasteiger charge is 1.99. The van der Waals surface area contributed by atoms with Crippen LogP contribution in [-0.2, 0) is 6.54 Å². The summed E-state index contributed by atoms with van der Waals surface area (Å²) in [5.74, 6) is 0.784. The monoisotopic (exact) mass is 221 g/mol. The van der Waals surface area contributed by atoms with Crippen LogP contribution in [0.15, 0.2) is 29.8 Å². The molecule has 0 aliphatic carbocycles. The number of ether oxygens (including phenoxy) is 1. The first-order valence-corrected chi connectivity index (χ1v) is 5.44. The molecule has 0 aliphatic rings. The lowest BCUT2D eigenvalue weighted by molar-refractivity contribution is 0.473. The average Bonchev–Trinajstić information content (AvgIpc) is 2.74. The molecule has 0 fully saturated rings. The van der Waals surface area contributed by atoms with Gasteiger partial charge in [-0.2, -0.15) is 0 Å². The first-order chi connectivity index (χ1) is 7.38. The van der Waals surface area contributed by atoms with E-state index in [9.17, 15) is 0 Å². The molecule has 2 aromatic rings. The number of benzene rings is 1. The lowest BCUT2D eigenvalue weighted by atomic mass is 10.2. The zero-order chi connectivity index (χ0) is 10.5. The van der Waals surface area contributed by atoms with Crippen molar-refractivity contribution >= 4 is 11.3 Å². The maximum Gasteiger partial charge on any atom is 0.299 e. The summed E-state index contributed by atoms with van der Waals surface area (Å²) in [6.07, 6.45) is 0. The van der Waals surface area contributed by atoms with Crippen molar-refractivity contribution in [3.05, 3.63) is 35.3 Å². The summed E-state index contributed by atoms with van der Waals surface area (Å²) < 4.78 is 5.48. The van der Waals surface area contributed by atoms with E-state index >= 15 is 0 Å². The molecule has 0 amide bonds. The Morgan fingerprint density at radius 3 is 2.73 bits per heavy atom. The van der Waals surface area contributed by atoms with Gasteiger partial charge in [-0.15, -0.1) is 5.10 Å². The number of aromatic nitrogens is 2. The van der Waals surface area contributed by atoms with Gasteiger partial charge in [-0.25, -0.2) is 0 Å². The molecule has 1 aromatic carbocycles. The van der Waals surface area contributed by atoms with Gasteiger partial charge in [-0.3, -0.25) is 0 Å². The number of hydrogen-bond acceptors (Lipinski definition) is 5. The third kappa shape index (κ3) is 2.74. The van der Waals surface area contributed by atoms with Crippen LogP contribution in [0.4, 0.5) is 0 Å². The minimum atomic E-state index is 0.566. The molecule has 1 heterocycles. The van der Waals surface area contributed by atoms with Gasteiger partial charge in [0.05, 0.1) is 0 Å². The van der Waals surface area contributed by atoms with Crippen molar-refractivity contribution < 1.29 is 4.74 Å². The molecule has 0 spiro atoms. The van der Waals surface area contributed by atoms with Gasteiger partial charge in [0, 0.05) is 6.54 Å². The zero-order valence-corrected chi connectivity index (χ0v) is 9.12. The fraction of sp³-hybridized carbons (Fsp3) is 0.200. The van der Waals surface area contributed by atoms with Gasteiger partial charge in [0.15, 0.2) is 0 Å². The van der Waals surface area contributed by atoms with E-state index in [0.29, 0.717) is 5.19 Å². The molecule has 0 unspecified atom stereocenters. The van der Waals surface area contributed by atoms with E-state index in [1.807, 2.05) is 31.3 Å². The van der Waals surface area contributed by atoms with Crippen LogP contribution < -0.4 is 10.1 Å². The maximum absolute atomic E-state index is 5.48. The van der Waals surface area contributed by atoms with Gasteiger partial charge in [-0.05, 0) is 24.7 Å². The van der Waals surface area contributed by atoms with E-state index in [1.165, 1.54) is 16.9 Å². The lowest BCUT2D eigenvalue weighted by Gasteiger charge is -2.02. The van der Waals surface area contributed by atoms with Crippen molar-refractivity contribution in [1.29, 1.82) is 0 Å². The third-order valence-electron chi connectivity index (χ3n) is 1.85. The van der Waals surface area contributed by atoms with Crippen molar-refractivity contribution in [3.8, 4) is 10.9 Å². The zero-order valence-electron chi connectivity index (χ0n) is 8.30. The third-order valence-corrected chi connectivity index (χ3v) is 2.42. The molecule has 78 valence electrons. The second kappa shape index (κ2) is 4.86. The topological polar surface area (TPSA) is 47.0 Å². The molecular formula is C10H11N3OS. The summed E-state index contributed by atoms with van der Waals surface area (Å²) in [5.41, 5.74) is 2.87. The molecule has 4 nitrogen and oxygen atoms in total. The molecule has 15 heavy (non-hydrogen) atoms. The standard InChI is InChI=1S/C10H11N3OS/c1-11-6-8-2-4-9(5-3-8)14-10-13-12-7-15-10/h2-5,7,11H,6H2,1H3. The molecular weight excluding hydrogens is 210 g/mol. The first-order valence-electron chi connectivity index (χ1n) is 4.56. The first kappa shape index (κ1) is 10.1. The minimum Gasteiger partial charge on any atom is -0.430 e. The summed E-state index contributed by atoms with van der Waals surface area (Å²) in [4.78, 5) is 0. The van der Waals surface area contributed by atoms with Gasteiger partial charge in [-0.1, -0.05) is 28.6 Å². The summed E-state index contributed by atoms with van der Waals surface area (Å²) in [6.45, 7) is 0.860. The van der Waals surface area contributed by atoms with Crippen LogP contribution in [-0.4, -0.2) is 17.2 Å². The van der Waals surface area contributed by atoms with Crippen LogP contribution in [0, 0.1) is 0 Å². The van der Waals surface area contributed by atoms with Gasteiger partial charge >= 0.3 is 0 Å². The van der Waals surface area contributed by atoms with Crippen LogP contribution in [0.5, 0.6) is 10.9 Å². The number of hydrogen-bond donors (Lipinski definition) is 1. The van der Waals surface area contributed by atoms with E-state index in [0.717, 1.165) is 12.3 Å². The second-order valence-electron chi connectivity index (χ2n) is 2.98. The number of nitrogens with one attached hydrogen (secondary N) is 1. The van der Waals surface area contributed by atoms with E-state index in [-0.39, 0.29) is 0 Å². The SMILES string of the molecule is CNCc1ccc(Oc2nncs2)cc1. The van der Waals surface area contributed by atoms with E-state index in [2.05, 4.69) is 15.5 Å². The fourth-order valence-corrected chi connectivity index (χ4v) is 1.61. The normalized spacial score (nSPS) is 10.2. The molecule has 2 rings (SSSR count). The Bertz CT molecular complexity index is 399. The van der Waals surface area contributed by atoms with Crippen molar-refractivity contribution in [3.63, 3.8) is 0 Å². The molecule has 0 saturated carbocycles. The van der Waals surface area contributed by atoms with Crippen molar-refractivity contribution in [1.82, 2.24) is 15.5 Å². The van der Waals surface area contributed by atoms with Crippen LogP contribution in [0.25, 0.3) is 0 Å². The number of nitrogens with zero attached hydrogens (tertiary/aromatic N) is 2. The molecule has 0 saturated heterocycles. The van der Waals surface area contributed by atoms with Crippen LogP contribution in [0.3, 0.4) is 0 Å². The van der Waals surface area contributed by atoms with Crippen LogP contribution in [0.1, 0.15) is 5.56 Å². The molecule has 1 N–H and O–H groups in total. The predicted molar refractivity (Wildman–Crippen MR) is 59.2 cm³/mol. The summed E-state index contributed by atoms with van der Waals surface area (Å²) in [5, 5.41) is 11.2. The van der Waals surface area contributed by atoms with E-state index in [1.54, 1.807) is 5.51 Å². The molecule has 0 bridgehead atoms. The molecule has 0 radical (unpaired) electrons. The molecule has 5 heteroatoms. The van der Waals surface area contributed by atoms with Crippen molar-refractivity contribution in [2.75, 3.05) is 7.05 Å². The molecule has 0 aliphatic heterocycles. The highest BCUT2D eigenvalue weighted by molar-refractivity contribution is 7.11. The number of rotatable bonds is 4. The van der Waals surface area contributed by atoms with Gasteiger partial charge in [0.25, 0.3) is 5.19 Å².